The molecule has 0 saturated carbocycles. The minimum atomic E-state index is 0. The summed E-state index contributed by atoms with van der Waals surface area (Å²) >= 11 is 5.28. The average molecular weight is 560 g/mol. The van der Waals surface area contributed by atoms with E-state index in [9.17, 15) is 0 Å². The first-order valence-corrected chi connectivity index (χ1v) is 10.7. The maximum absolute atomic E-state index is 5.81. The molecule has 0 unspecified atom stereocenters. The second-order valence-corrected chi connectivity index (χ2v) is 8.83. The van der Waals surface area contributed by atoms with Crippen LogP contribution in [0, 0.1) is 5.92 Å². The molecular formula is C18H31BrIN3O2S. The molecule has 1 saturated heterocycles. The normalized spacial score (nSPS) is 15.6. The number of halogens is 2. The van der Waals surface area contributed by atoms with Crippen LogP contribution in [0.15, 0.2) is 20.9 Å². The van der Waals surface area contributed by atoms with Crippen LogP contribution in [0.3, 0.4) is 0 Å². The van der Waals surface area contributed by atoms with Crippen LogP contribution in [-0.4, -0.2) is 57.4 Å². The third kappa shape index (κ3) is 9.34. The van der Waals surface area contributed by atoms with Gasteiger partial charge < -0.3 is 19.7 Å². The first-order valence-electron chi connectivity index (χ1n) is 9.08. The summed E-state index contributed by atoms with van der Waals surface area (Å²) in [4.78, 5) is 8.22. The largest absolute Gasteiger partial charge is 0.381 e. The molecule has 150 valence electrons. The highest BCUT2D eigenvalue weighted by molar-refractivity contribution is 14.0. The van der Waals surface area contributed by atoms with E-state index in [1.807, 2.05) is 0 Å². The summed E-state index contributed by atoms with van der Waals surface area (Å²) in [5.74, 6) is 1.63. The topological polar surface area (TPSA) is 46.1 Å². The molecule has 0 aliphatic carbocycles. The van der Waals surface area contributed by atoms with Crippen LogP contribution in [0.5, 0.6) is 0 Å². The predicted molar refractivity (Wildman–Crippen MR) is 124 cm³/mol. The zero-order chi connectivity index (χ0) is 17.9. The van der Waals surface area contributed by atoms with Gasteiger partial charge in [-0.3, -0.25) is 4.99 Å². The molecule has 0 spiro atoms. The number of thiophene rings is 1. The summed E-state index contributed by atoms with van der Waals surface area (Å²) < 4.78 is 12.4. The highest BCUT2D eigenvalue weighted by Crippen LogP contribution is 2.23. The van der Waals surface area contributed by atoms with Crippen molar-refractivity contribution in [3.63, 3.8) is 0 Å². The van der Waals surface area contributed by atoms with Crippen molar-refractivity contribution >= 4 is 57.2 Å². The molecule has 1 aromatic heterocycles. The van der Waals surface area contributed by atoms with Gasteiger partial charge in [0.1, 0.15) is 0 Å². The Kier molecular flexibility index (Phi) is 13.1. The molecule has 1 aliphatic heterocycles. The lowest BCUT2D eigenvalue weighted by atomic mass is 10.0. The van der Waals surface area contributed by atoms with E-state index < -0.39 is 0 Å². The van der Waals surface area contributed by atoms with Gasteiger partial charge in [0.25, 0.3) is 0 Å². The van der Waals surface area contributed by atoms with E-state index in [1.165, 1.54) is 8.66 Å². The van der Waals surface area contributed by atoms with E-state index in [0.29, 0.717) is 5.92 Å². The second kappa shape index (κ2) is 14.1. The molecule has 1 aromatic rings. The van der Waals surface area contributed by atoms with Gasteiger partial charge in [-0.15, -0.1) is 35.3 Å². The van der Waals surface area contributed by atoms with E-state index in [1.54, 1.807) is 11.3 Å². The smallest absolute Gasteiger partial charge is 0.193 e. The van der Waals surface area contributed by atoms with Crippen molar-refractivity contribution in [2.45, 2.75) is 32.7 Å². The Bertz CT molecular complexity index is 524. The summed E-state index contributed by atoms with van der Waals surface area (Å²) in [6.07, 6.45) is 3.22. The fourth-order valence-corrected chi connectivity index (χ4v) is 4.27. The minimum Gasteiger partial charge on any atom is -0.381 e. The van der Waals surface area contributed by atoms with Crippen LogP contribution in [-0.2, 0) is 16.0 Å². The lowest BCUT2D eigenvalue weighted by Gasteiger charge is -2.22. The minimum absolute atomic E-state index is 0. The van der Waals surface area contributed by atoms with Crippen molar-refractivity contribution in [1.29, 1.82) is 0 Å². The molecule has 5 nitrogen and oxygen atoms in total. The Morgan fingerprint density at radius 2 is 2.19 bits per heavy atom. The van der Waals surface area contributed by atoms with Crippen molar-refractivity contribution < 1.29 is 9.47 Å². The zero-order valence-corrected chi connectivity index (χ0v) is 20.4. The fraction of sp³-hybridized carbons (Fsp3) is 0.722. The molecule has 26 heavy (non-hydrogen) atoms. The summed E-state index contributed by atoms with van der Waals surface area (Å²) in [5.41, 5.74) is 0. The highest BCUT2D eigenvalue weighted by Gasteiger charge is 2.13. The molecule has 0 aromatic carbocycles. The maximum Gasteiger partial charge on any atom is 0.193 e. The van der Waals surface area contributed by atoms with Crippen LogP contribution >= 0.6 is 51.2 Å². The summed E-state index contributed by atoms with van der Waals surface area (Å²) in [6, 6.07) is 4.24. The number of hydrogen-bond donors (Lipinski definition) is 1. The van der Waals surface area contributed by atoms with Gasteiger partial charge in [-0.2, -0.15) is 0 Å². The van der Waals surface area contributed by atoms with Crippen LogP contribution in [0.1, 0.15) is 31.1 Å². The van der Waals surface area contributed by atoms with E-state index >= 15 is 0 Å². The summed E-state index contributed by atoms with van der Waals surface area (Å²) in [6.45, 7) is 8.04. The van der Waals surface area contributed by atoms with Gasteiger partial charge >= 0.3 is 0 Å². The molecule has 0 radical (unpaired) electrons. The quantitative estimate of drug-likeness (QED) is 0.211. The van der Waals surface area contributed by atoms with Gasteiger partial charge in [-0.1, -0.05) is 0 Å². The SMILES string of the molecule is CCNC(=NCCCOCC1CCOCC1)N(C)Cc1ccc(Br)s1.I. The van der Waals surface area contributed by atoms with E-state index in [-0.39, 0.29) is 24.0 Å². The van der Waals surface area contributed by atoms with Crippen molar-refractivity contribution in [2.24, 2.45) is 10.9 Å². The lowest BCUT2D eigenvalue weighted by molar-refractivity contribution is 0.0205. The number of aliphatic imine (C=N–C) groups is 1. The van der Waals surface area contributed by atoms with Crippen molar-refractivity contribution in [3.05, 3.63) is 20.8 Å². The number of nitrogens with zero attached hydrogens (tertiary/aromatic N) is 2. The maximum atomic E-state index is 5.81. The molecule has 1 N–H and O–H groups in total. The molecule has 0 atom stereocenters. The standard InChI is InChI=1S/C18H30BrN3O2S.HI/c1-3-20-18(22(2)13-16-5-6-17(19)25-16)21-9-4-10-24-14-15-7-11-23-12-8-15;/h5-6,15H,3-4,7-14H2,1-2H3,(H,20,21);1H. The highest BCUT2D eigenvalue weighted by atomic mass is 127. The molecule has 1 fully saturated rings. The van der Waals surface area contributed by atoms with Crippen LogP contribution in [0.25, 0.3) is 0 Å². The number of rotatable bonds is 9. The van der Waals surface area contributed by atoms with Crippen molar-refractivity contribution in [2.75, 3.05) is 46.6 Å². The average Bonchev–Trinajstić information content (AvgIpc) is 3.02. The number of guanidine groups is 1. The second-order valence-electron chi connectivity index (χ2n) is 6.28. The first kappa shape index (κ1) is 24.1. The Morgan fingerprint density at radius 3 is 2.85 bits per heavy atom. The Balaban J connectivity index is 0.00000338. The van der Waals surface area contributed by atoms with Gasteiger partial charge in [0.05, 0.1) is 10.3 Å². The molecule has 2 heterocycles. The predicted octanol–water partition coefficient (Wildman–Crippen LogP) is 4.36. The Labute approximate surface area is 187 Å². The van der Waals surface area contributed by atoms with Gasteiger partial charge in [0.2, 0.25) is 0 Å². The Hall–Kier alpha value is 0.1000. The van der Waals surface area contributed by atoms with Crippen molar-refractivity contribution in [3.8, 4) is 0 Å². The number of hydrogen-bond acceptors (Lipinski definition) is 4. The van der Waals surface area contributed by atoms with Gasteiger partial charge in [-0.25, -0.2) is 0 Å². The van der Waals surface area contributed by atoms with E-state index in [2.05, 4.69) is 52.3 Å². The van der Waals surface area contributed by atoms with E-state index in [0.717, 1.165) is 71.3 Å². The van der Waals surface area contributed by atoms with Gasteiger partial charge in [-0.05, 0) is 60.2 Å². The van der Waals surface area contributed by atoms with Crippen LogP contribution in [0.4, 0.5) is 0 Å². The summed E-state index contributed by atoms with van der Waals surface area (Å²) in [5, 5.41) is 3.37. The van der Waals surface area contributed by atoms with Gasteiger partial charge in [0, 0.05) is 51.4 Å². The Morgan fingerprint density at radius 1 is 1.42 bits per heavy atom. The lowest BCUT2D eigenvalue weighted by Crippen LogP contribution is -2.38. The molecule has 0 bridgehead atoms. The molecule has 1 aliphatic rings. The van der Waals surface area contributed by atoms with Crippen LogP contribution in [0.2, 0.25) is 0 Å². The molecular weight excluding hydrogens is 529 g/mol. The fourth-order valence-electron chi connectivity index (χ4n) is 2.73. The molecule has 0 amide bonds. The van der Waals surface area contributed by atoms with Gasteiger partial charge in [0.15, 0.2) is 5.96 Å². The zero-order valence-electron chi connectivity index (χ0n) is 15.7. The van der Waals surface area contributed by atoms with Crippen molar-refractivity contribution in [1.82, 2.24) is 10.2 Å². The first-order chi connectivity index (χ1) is 12.2. The van der Waals surface area contributed by atoms with E-state index in [4.69, 9.17) is 14.5 Å². The number of nitrogens with one attached hydrogen (secondary N) is 1. The molecule has 8 heteroatoms. The monoisotopic (exact) mass is 559 g/mol. The van der Waals surface area contributed by atoms with Crippen LogP contribution < -0.4 is 5.32 Å². The third-order valence-corrected chi connectivity index (χ3v) is 5.73. The number of ether oxygens (including phenoxy) is 2. The third-order valence-electron chi connectivity index (χ3n) is 4.12. The summed E-state index contributed by atoms with van der Waals surface area (Å²) in [7, 11) is 2.08. The molecule has 2 rings (SSSR count).